The lowest BCUT2D eigenvalue weighted by Crippen LogP contribution is -2.40. The van der Waals surface area contributed by atoms with E-state index >= 15 is 0 Å². The van der Waals surface area contributed by atoms with Crippen molar-refractivity contribution in [1.82, 2.24) is 4.90 Å². The van der Waals surface area contributed by atoms with Gasteiger partial charge in [0.1, 0.15) is 0 Å². The molecule has 1 aliphatic heterocycles. The molecule has 41 heavy (non-hydrogen) atoms. The molecule has 11 heteroatoms. The van der Waals surface area contributed by atoms with Crippen molar-refractivity contribution >= 4 is 52.1 Å². The number of hydrogen-bond acceptors (Lipinski definition) is 9. The van der Waals surface area contributed by atoms with Crippen LogP contribution in [0.2, 0.25) is 0 Å². The van der Waals surface area contributed by atoms with Crippen LogP contribution in [0.3, 0.4) is 0 Å². The lowest BCUT2D eigenvalue weighted by atomic mass is 9.68. The lowest BCUT2D eigenvalue weighted by Gasteiger charge is -2.36. The summed E-state index contributed by atoms with van der Waals surface area (Å²) in [6.45, 7) is -1.03. The van der Waals surface area contributed by atoms with Crippen LogP contribution < -0.4 is 4.74 Å². The molecule has 1 saturated heterocycles. The van der Waals surface area contributed by atoms with E-state index in [0.29, 0.717) is 31.8 Å². The fraction of sp³-hybridized carbons (Fsp3) is 0.367. The van der Waals surface area contributed by atoms with Crippen LogP contribution in [0.15, 0.2) is 53.6 Å². The normalized spacial score (nSPS) is 21.7. The van der Waals surface area contributed by atoms with Crippen LogP contribution in [-0.2, 0) is 14.3 Å². The third kappa shape index (κ3) is 6.03. The summed E-state index contributed by atoms with van der Waals surface area (Å²) in [6.07, 6.45) is 0.226. The van der Waals surface area contributed by atoms with E-state index in [4.69, 9.17) is 4.74 Å². The van der Waals surface area contributed by atoms with Gasteiger partial charge in [-0.25, -0.2) is 4.79 Å². The molecule has 2 aromatic rings. The second-order valence-electron chi connectivity index (χ2n) is 9.97. The minimum Gasteiger partial charge on any atom is -0.504 e. The quantitative estimate of drug-likeness (QED) is 0.136. The minimum absolute atomic E-state index is 0.0186. The number of phenols is 1. The summed E-state index contributed by atoms with van der Waals surface area (Å²) in [5, 5.41) is 42.2. The fourth-order valence-electron chi connectivity index (χ4n) is 5.81. The minimum atomic E-state index is -1.15. The van der Waals surface area contributed by atoms with Crippen molar-refractivity contribution in [2.24, 2.45) is 17.8 Å². The van der Waals surface area contributed by atoms with Gasteiger partial charge in [0.2, 0.25) is 11.8 Å². The maximum atomic E-state index is 13.1. The Hall–Kier alpha value is -3.26. The van der Waals surface area contributed by atoms with Crippen molar-refractivity contribution in [3.8, 4) is 11.5 Å². The SMILES string of the molecule is COC(=O)N1C(=O)[C@@H]2[C@@H](CC(CO)=C([C@H](O)CC/C(=C/c3cc(I)c(O)c(OC)c3)c3ccccc3)[C@@H]2CO)C1=O. The molecule has 1 heterocycles. The Morgan fingerprint density at radius 2 is 1.85 bits per heavy atom. The molecule has 3 amide bonds. The smallest absolute Gasteiger partial charge is 0.423 e. The first-order valence-corrected chi connectivity index (χ1v) is 14.1. The Balaban J connectivity index is 1.65. The molecular formula is C30H32INO9. The number of ether oxygens (including phenoxy) is 2. The monoisotopic (exact) mass is 677 g/mol. The van der Waals surface area contributed by atoms with E-state index in [0.717, 1.165) is 23.8 Å². The number of halogens is 1. The first-order valence-electron chi connectivity index (χ1n) is 13.1. The average molecular weight is 677 g/mol. The summed E-state index contributed by atoms with van der Waals surface area (Å²) in [5.41, 5.74) is 3.24. The number of carbonyl (C=O) groups excluding carboxylic acids is 3. The highest BCUT2D eigenvalue weighted by molar-refractivity contribution is 14.1. The zero-order valence-electron chi connectivity index (χ0n) is 22.6. The van der Waals surface area contributed by atoms with E-state index in [1.54, 1.807) is 6.07 Å². The van der Waals surface area contributed by atoms with Crippen molar-refractivity contribution < 1.29 is 44.3 Å². The number of phenolic OH excluding ortho intramolecular Hbond substituents is 1. The lowest BCUT2D eigenvalue weighted by molar-refractivity contribution is -0.137. The van der Waals surface area contributed by atoms with Crippen LogP contribution in [0.25, 0.3) is 11.6 Å². The van der Waals surface area contributed by atoms with Crippen molar-refractivity contribution in [3.63, 3.8) is 0 Å². The van der Waals surface area contributed by atoms with Gasteiger partial charge < -0.3 is 29.9 Å². The van der Waals surface area contributed by atoms with Gasteiger partial charge in [0.05, 0.1) is 48.9 Å². The number of imide groups is 3. The molecule has 0 bridgehead atoms. The maximum absolute atomic E-state index is 13.1. The molecule has 2 aliphatic rings. The van der Waals surface area contributed by atoms with E-state index in [1.165, 1.54) is 7.11 Å². The number of nitrogens with zero attached hydrogens (tertiary/aromatic N) is 1. The molecular weight excluding hydrogens is 645 g/mol. The molecule has 218 valence electrons. The number of likely N-dealkylation sites (tertiary alicyclic amines) is 1. The molecule has 1 aliphatic carbocycles. The van der Waals surface area contributed by atoms with Gasteiger partial charge in [-0.3, -0.25) is 9.59 Å². The molecule has 10 nitrogen and oxygen atoms in total. The summed E-state index contributed by atoms with van der Waals surface area (Å²) in [5.74, 6) is -4.10. The van der Waals surface area contributed by atoms with E-state index in [2.05, 4.69) is 4.74 Å². The number of aliphatic hydroxyl groups excluding tert-OH is 3. The highest BCUT2D eigenvalue weighted by atomic mass is 127. The number of benzene rings is 2. The van der Waals surface area contributed by atoms with E-state index < -0.39 is 55.0 Å². The largest absolute Gasteiger partial charge is 0.504 e. The molecule has 1 fully saturated rings. The molecule has 0 aromatic heterocycles. The zero-order valence-corrected chi connectivity index (χ0v) is 24.8. The van der Waals surface area contributed by atoms with Crippen molar-refractivity contribution in [2.75, 3.05) is 27.4 Å². The van der Waals surface area contributed by atoms with Gasteiger partial charge in [0, 0.05) is 5.92 Å². The van der Waals surface area contributed by atoms with Crippen molar-refractivity contribution in [2.45, 2.75) is 25.4 Å². The van der Waals surface area contributed by atoms with E-state index in [1.807, 2.05) is 65.1 Å². The average Bonchev–Trinajstić information content (AvgIpc) is 3.24. The Bertz CT molecular complexity index is 1390. The van der Waals surface area contributed by atoms with Crippen LogP contribution in [0, 0.1) is 21.3 Å². The molecule has 4 atom stereocenters. The third-order valence-corrected chi connectivity index (χ3v) is 8.55. The van der Waals surface area contributed by atoms with Gasteiger partial charge in [-0.15, -0.1) is 0 Å². The second-order valence-corrected chi connectivity index (χ2v) is 11.1. The number of fused-ring (bicyclic) bond motifs is 1. The Kier molecular flexibility index (Phi) is 9.84. The first-order chi connectivity index (χ1) is 19.7. The summed E-state index contributed by atoms with van der Waals surface area (Å²) in [6, 6.07) is 13.1. The van der Waals surface area contributed by atoms with Gasteiger partial charge in [-0.1, -0.05) is 36.4 Å². The van der Waals surface area contributed by atoms with Crippen LogP contribution >= 0.6 is 22.6 Å². The maximum Gasteiger partial charge on any atom is 0.423 e. The first kappa shape index (κ1) is 30.7. The number of amides is 3. The number of methoxy groups -OCH3 is 2. The summed E-state index contributed by atoms with van der Waals surface area (Å²) in [7, 11) is 2.53. The molecule has 4 rings (SSSR count). The third-order valence-electron chi connectivity index (χ3n) is 7.73. The van der Waals surface area contributed by atoms with Gasteiger partial charge in [-0.05, 0) is 81.8 Å². The molecule has 0 radical (unpaired) electrons. The van der Waals surface area contributed by atoms with E-state index in [9.17, 15) is 34.8 Å². The Morgan fingerprint density at radius 1 is 1.15 bits per heavy atom. The van der Waals surface area contributed by atoms with Crippen LogP contribution in [0.4, 0.5) is 4.79 Å². The second kappa shape index (κ2) is 13.1. The zero-order chi connectivity index (χ0) is 29.8. The van der Waals surface area contributed by atoms with E-state index in [-0.39, 0.29) is 18.6 Å². The topological polar surface area (TPSA) is 154 Å². The number of hydrogen-bond donors (Lipinski definition) is 4. The molecule has 0 spiro atoms. The van der Waals surface area contributed by atoms with Crippen LogP contribution in [0.1, 0.15) is 30.4 Å². The fourth-order valence-corrected chi connectivity index (χ4v) is 6.44. The predicted molar refractivity (Wildman–Crippen MR) is 157 cm³/mol. The summed E-state index contributed by atoms with van der Waals surface area (Å²) < 4.78 is 10.5. The highest BCUT2D eigenvalue weighted by Gasteiger charge is 2.57. The molecule has 4 N–H and O–H groups in total. The number of aromatic hydroxyl groups is 1. The molecule has 0 saturated carbocycles. The van der Waals surface area contributed by atoms with Crippen LogP contribution in [0.5, 0.6) is 11.5 Å². The molecule has 0 unspecified atom stereocenters. The van der Waals surface area contributed by atoms with Gasteiger partial charge >= 0.3 is 6.09 Å². The Morgan fingerprint density at radius 3 is 2.46 bits per heavy atom. The predicted octanol–water partition coefficient (Wildman–Crippen LogP) is 3.36. The summed E-state index contributed by atoms with van der Waals surface area (Å²) in [4.78, 5) is 38.6. The number of aliphatic hydroxyl groups is 3. The highest BCUT2D eigenvalue weighted by Crippen LogP contribution is 2.46. The number of rotatable bonds is 9. The molecule has 2 aromatic carbocycles. The van der Waals surface area contributed by atoms with Gasteiger partial charge in [0.25, 0.3) is 0 Å². The van der Waals surface area contributed by atoms with Crippen molar-refractivity contribution in [3.05, 3.63) is 68.3 Å². The Labute approximate surface area is 251 Å². The van der Waals surface area contributed by atoms with Crippen LogP contribution in [-0.4, -0.2) is 76.8 Å². The summed E-state index contributed by atoms with van der Waals surface area (Å²) >= 11 is 2.02. The van der Waals surface area contributed by atoms with Gasteiger partial charge in [0.15, 0.2) is 11.5 Å². The van der Waals surface area contributed by atoms with Gasteiger partial charge in [-0.2, -0.15) is 4.90 Å². The number of carbonyl (C=O) groups is 3. The number of allylic oxidation sites excluding steroid dienone is 1. The van der Waals surface area contributed by atoms with Crippen molar-refractivity contribution in [1.29, 1.82) is 0 Å². The standard InChI is InChI=1S/C30H32INO9/c1-40-24-12-16(11-22(31)27(24)36)10-18(17-6-4-3-5-7-17)8-9-23(35)25-19(14-33)13-20-26(21(25)15-34)29(38)32(28(20)37)30(39)41-2/h3-7,10-12,20-21,23,26,33-36H,8-9,13-15H2,1-2H3/b18-10-/t20-,21+,23-,26-/m1/s1.